The lowest BCUT2D eigenvalue weighted by molar-refractivity contribution is 0.519. The first kappa shape index (κ1) is 16.7. The monoisotopic (exact) mass is 413 g/mol. The molecule has 0 spiro atoms. The molecule has 2 rings (SSSR count). The van der Waals surface area contributed by atoms with Gasteiger partial charge in [-0.3, -0.25) is 0 Å². The van der Waals surface area contributed by atoms with Crippen molar-refractivity contribution in [2.45, 2.75) is 25.8 Å². The Morgan fingerprint density at radius 2 is 1.67 bits per heavy atom. The van der Waals surface area contributed by atoms with Crippen molar-refractivity contribution >= 4 is 31.9 Å². The Balaban J connectivity index is 2.14. The van der Waals surface area contributed by atoms with Crippen LogP contribution in [0.25, 0.3) is 0 Å². The Morgan fingerprint density at radius 1 is 1.00 bits per heavy atom. The first-order valence-corrected chi connectivity index (χ1v) is 8.59. The van der Waals surface area contributed by atoms with Crippen LogP contribution in [0.15, 0.2) is 51.4 Å². The maximum Gasteiger partial charge on any atom is 0.124 e. The third-order valence-corrected chi connectivity index (χ3v) is 4.91. The van der Waals surface area contributed by atoms with Crippen LogP contribution in [0.4, 0.5) is 4.39 Å². The molecule has 0 aliphatic carbocycles. The molecule has 0 saturated heterocycles. The second-order valence-corrected chi connectivity index (χ2v) is 6.70. The average molecular weight is 415 g/mol. The number of nitrogens with one attached hydrogen (secondary N) is 1. The molecule has 1 nitrogen and oxygen atoms in total. The molecule has 0 aliphatic rings. The number of hydrogen-bond donors (Lipinski definition) is 1. The second kappa shape index (κ2) is 8.06. The van der Waals surface area contributed by atoms with Crippen LogP contribution in [-0.4, -0.2) is 12.6 Å². The SMILES string of the molecule is CCNC(Cc1ccccc1Br)Cc1ccc(F)cc1Br. The lowest BCUT2D eigenvalue weighted by Crippen LogP contribution is -2.33. The van der Waals surface area contributed by atoms with E-state index >= 15 is 0 Å². The van der Waals surface area contributed by atoms with Gasteiger partial charge in [-0.1, -0.05) is 63.0 Å². The highest BCUT2D eigenvalue weighted by Crippen LogP contribution is 2.22. The Morgan fingerprint density at radius 3 is 2.29 bits per heavy atom. The van der Waals surface area contributed by atoms with Gasteiger partial charge in [-0.15, -0.1) is 0 Å². The van der Waals surface area contributed by atoms with Crippen LogP contribution in [0.1, 0.15) is 18.1 Å². The van der Waals surface area contributed by atoms with Crippen molar-refractivity contribution in [2.24, 2.45) is 0 Å². The van der Waals surface area contributed by atoms with E-state index in [4.69, 9.17) is 0 Å². The van der Waals surface area contributed by atoms with Crippen LogP contribution in [0, 0.1) is 5.82 Å². The maximum atomic E-state index is 13.2. The predicted molar refractivity (Wildman–Crippen MR) is 93.1 cm³/mol. The molecule has 0 bridgehead atoms. The van der Waals surface area contributed by atoms with Crippen LogP contribution in [0.3, 0.4) is 0 Å². The van der Waals surface area contributed by atoms with Gasteiger partial charge in [0.1, 0.15) is 5.82 Å². The summed E-state index contributed by atoms with van der Waals surface area (Å²) >= 11 is 7.05. The summed E-state index contributed by atoms with van der Waals surface area (Å²) < 4.78 is 15.1. The van der Waals surface area contributed by atoms with E-state index in [2.05, 4.69) is 62.3 Å². The summed E-state index contributed by atoms with van der Waals surface area (Å²) in [5.41, 5.74) is 2.40. The van der Waals surface area contributed by atoms with Crippen LogP contribution in [0.5, 0.6) is 0 Å². The molecule has 0 saturated carbocycles. The number of benzene rings is 2. The van der Waals surface area contributed by atoms with Gasteiger partial charge in [-0.05, 0) is 48.7 Å². The predicted octanol–water partition coefficient (Wildman–Crippen LogP) is 5.11. The molecule has 1 N–H and O–H groups in total. The molecule has 2 aromatic rings. The summed E-state index contributed by atoms with van der Waals surface area (Å²) in [4.78, 5) is 0. The van der Waals surface area contributed by atoms with E-state index in [1.807, 2.05) is 12.1 Å². The number of hydrogen-bond acceptors (Lipinski definition) is 1. The van der Waals surface area contributed by atoms with Crippen LogP contribution < -0.4 is 5.32 Å². The van der Waals surface area contributed by atoms with Gasteiger partial charge in [0.15, 0.2) is 0 Å². The van der Waals surface area contributed by atoms with E-state index in [0.717, 1.165) is 33.9 Å². The number of rotatable bonds is 6. The fourth-order valence-electron chi connectivity index (χ4n) is 2.39. The Labute approximate surface area is 142 Å². The van der Waals surface area contributed by atoms with E-state index in [1.54, 1.807) is 0 Å². The minimum Gasteiger partial charge on any atom is -0.314 e. The van der Waals surface area contributed by atoms with Gasteiger partial charge in [0.05, 0.1) is 0 Å². The molecule has 21 heavy (non-hydrogen) atoms. The van der Waals surface area contributed by atoms with Gasteiger partial charge < -0.3 is 5.32 Å². The maximum absolute atomic E-state index is 13.2. The highest BCUT2D eigenvalue weighted by atomic mass is 79.9. The smallest absolute Gasteiger partial charge is 0.124 e. The molecule has 1 unspecified atom stereocenters. The Kier molecular flexibility index (Phi) is 6.40. The van der Waals surface area contributed by atoms with E-state index in [0.29, 0.717) is 6.04 Å². The van der Waals surface area contributed by atoms with Crippen molar-refractivity contribution in [1.82, 2.24) is 5.32 Å². The summed E-state index contributed by atoms with van der Waals surface area (Å²) in [6.07, 6.45) is 1.79. The van der Waals surface area contributed by atoms with E-state index < -0.39 is 0 Å². The van der Waals surface area contributed by atoms with Crippen molar-refractivity contribution < 1.29 is 4.39 Å². The average Bonchev–Trinajstić information content (AvgIpc) is 2.44. The van der Waals surface area contributed by atoms with E-state index in [9.17, 15) is 4.39 Å². The first-order valence-electron chi connectivity index (χ1n) is 7.01. The van der Waals surface area contributed by atoms with Crippen LogP contribution in [0.2, 0.25) is 0 Å². The lowest BCUT2D eigenvalue weighted by Gasteiger charge is -2.19. The van der Waals surface area contributed by atoms with E-state index in [1.165, 1.54) is 17.7 Å². The summed E-state index contributed by atoms with van der Waals surface area (Å²) in [5.74, 6) is -0.212. The van der Waals surface area contributed by atoms with Gasteiger partial charge >= 0.3 is 0 Å². The van der Waals surface area contributed by atoms with Crippen molar-refractivity contribution in [3.63, 3.8) is 0 Å². The Hall–Kier alpha value is -0.710. The molecular formula is C17H18Br2FN. The summed E-state index contributed by atoms with van der Waals surface area (Å²) in [5, 5.41) is 3.51. The molecule has 0 amide bonds. The van der Waals surface area contributed by atoms with Gasteiger partial charge in [0.25, 0.3) is 0 Å². The van der Waals surface area contributed by atoms with E-state index in [-0.39, 0.29) is 5.82 Å². The number of halogens is 3. The van der Waals surface area contributed by atoms with Crippen molar-refractivity contribution in [3.05, 3.63) is 68.4 Å². The molecule has 0 heterocycles. The molecule has 0 aliphatic heterocycles. The van der Waals surface area contributed by atoms with Gasteiger partial charge in [0, 0.05) is 15.0 Å². The molecule has 2 aromatic carbocycles. The molecule has 1 atom stereocenters. The quantitative estimate of drug-likeness (QED) is 0.692. The van der Waals surface area contributed by atoms with Gasteiger partial charge in [-0.2, -0.15) is 0 Å². The fraction of sp³-hybridized carbons (Fsp3) is 0.294. The third kappa shape index (κ3) is 4.90. The zero-order chi connectivity index (χ0) is 15.2. The van der Waals surface area contributed by atoms with Crippen molar-refractivity contribution in [3.8, 4) is 0 Å². The summed E-state index contributed by atoms with van der Waals surface area (Å²) in [7, 11) is 0. The van der Waals surface area contributed by atoms with Gasteiger partial charge in [0.2, 0.25) is 0 Å². The van der Waals surface area contributed by atoms with Crippen molar-refractivity contribution in [1.29, 1.82) is 0 Å². The molecule has 0 fully saturated rings. The molecule has 112 valence electrons. The highest BCUT2D eigenvalue weighted by molar-refractivity contribution is 9.10. The molecule has 0 radical (unpaired) electrons. The van der Waals surface area contributed by atoms with Crippen LogP contribution in [-0.2, 0) is 12.8 Å². The van der Waals surface area contributed by atoms with Crippen LogP contribution >= 0.6 is 31.9 Å². The largest absolute Gasteiger partial charge is 0.314 e. The zero-order valence-corrected chi connectivity index (χ0v) is 15.0. The summed E-state index contributed by atoms with van der Waals surface area (Å²) in [6, 6.07) is 13.5. The zero-order valence-electron chi connectivity index (χ0n) is 11.9. The molecule has 4 heteroatoms. The summed E-state index contributed by atoms with van der Waals surface area (Å²) in [6.45, 7) is 3.01. The standard InChI is InChI=1S/C17H18Br2FN/c1-2-21-15(9-12-5-3-4-6-16(12)18)10-13-7-8-14(20)11-17(13)19/h3-8,11,15,21H,2,9-10H2,1H3. The lowest BCUT2D eigenvalue weighted by atomic mass is 9.99. The van der Waals surface area contributed by atoms with Crippen molar-refractivity contribution in [2.75, 3.05) is 6.54 Å². The topological polar surface area (TPSA) is 12.0 Å². The molecular weight excluding hydrogens is 397 g/mol. The Bertz CT molecular complexity index is 601. The normalized spacial score (nSPS) is 12.4. The molecule has 0 aromatic heterocycles. The third-order valence-electron chi connectivity index (χ3n) is 3.40. The highest BCUT2D eigenvalue weighted by Gasteiger charge is 2.13. The first-order chi connectivity index (χ1) is 10.1. The van der Waals surface area contributed by atoms with Gasteiger partial charge in [-0.25, -0.2) is 4.39 Å². The second-order valence-electron chi connectivity index (χ2n) is 4.99. The number of likely N-dealkylation sites (N-methyl/N-ethyl adjacent to an activating group) is 1. The minimum atomic E-state index is -0.212. The minimum absolute atomic E-state index is 0.212. The fourth-order valence-corrected chi connectivity index (χ4v) is 3.35.